The first-order chi connectivity index (χ1) is 7.38. The summed E-state index contributed by atoms with van der Waals surface area (Å²) in [7, 11) is 0. The summed E-state index contributed by atoms with van der Waals surface area (Å²) in [6, 6.07) is 10.8. The Morgan fingerprint density at radius 2 is 2.00 bits per heavy atom. The van der Waals surface area contributed by atoms with E-state index in [9.17, 15) is 0 Å². The van der Waals surface area contributed by atoms with Crippen LogP contribution in [-0.4, -0.2) is 30.4 Å². The van der Waals surface area contributed by atoms with E-state index in [1.54, 1.807) is 0 Å². The number of hydrogen-bond donors (Lipinski definition) is 0. The molecule has 1 heterocycles. The Bertz CT molecular complexity index is 289. The lowest BCUT2D eigenvalue weighted by molar-refractivity contribution is 0.344. The minimum Gasteiger partial charge on any atom is -0.302 e. The molecule has 90 valence electrons. The largest absolute Gasteiger partial charge is 0.302 e. The fraction of sp³-hybridized carbons (Fsp3) is 0.538. The van der Waals surface area contributed by atoms with Crippen molar-refractivity contribution in [3.8, 4) is 0 Å². The molecular formula is C13H19Cl2N. The van der Waals surface area contributed by atoms with Crippen LogP contribution >= 0.6 is 24.0 Å². The van der Waals surface area contributed by atoms with Crippen LogP contribution in [0.4, 0.5) is 0 Å². The van der Waals surface area contributed by atoms with E-state index < -0.39 is 0 Å². The van der Waals surface area contributed by atoms with Crippen molar-refractivity contribution in [3.05, 3.63) is 35.9 Å². The molecule has 0 N–H and O–H groups in total. The van der Waals surface area contributed by atoms with Gasteiger partial charge in [-0.2, -0.15) is 0 Å². The highest BCUT2D eigenvalue weighted by Crippen LogP contribution is 2.20. The topological polar surface area (TPSA) is 3.24 Å². The van der Waals surface area contributed by atoms with Gasteiger partial charge in [0.15, 0.2) is 0 Å². The maximum atomic E-state index is 5.75. The van der Waals surface area contributed by atoms with Gasteiger partial charge in [-0.1, -0.05) is 30.3 Å². The summed E-state index contributed by atoms with van der Waals surface area (Å²) in [5, 5.41) is 0. The molecule has 1 fully saturated rings. The predicted molar refractivity (Wildman–Crippen MR) is 72.7 cm³/mol. The average molecular weight is 260 g/mol. The molecule has 3 heteroatoms. The van der Waals surface area contributed by atoms with Gasteiger partial charge >= 0.3 is 0 Å². The molecule has 1 aliphatic rings. The van der Waals surface area contributed by atoms with Gasteiger partial charge in [0.1, 0.15) is 0 Å². The molecule has 1 nitrogen and oxygen atoms in total. The highest BCUT2D eigenvalue weighted by Gasteiger charge is 2.21. The van der Waals surface area contributed by atoms with Crippen LogP contribution in [0.5, 0.6) is 0 Å². The molecule has 1 unspecified atom stereocenters. The van der Waals surface area contributed by atoms with Crippen molar-refractivity contribution in [3.63, 3.8) is 0 Å². The molecule has 16 heavy (non-hydrogen) atoms. The zero-order chi connectivity index (χ0) is 10.5. The van der Waals surface area contributed by atoms with Crippen LogP contribution in [0.25, 0.3) is 0 Å². The van der Waals surface area contributed by atoms with Gasteiger partial charge < -0.3 is 4.90 Å². The SMILES string of the molecule is Cl.ClCCN1CCC(Cc2ccccc2)C1. The second-order valence-electron chi connectivity index (χ2n) is 4.33. The van der Waals surface area contributed by atoms with E-state index in [0.29, 0.717) is 0 Å². The molecule has 0 bridgehead atoms. The molecule has 0 amide bonds. The number of rotatable bonds is 4. The zero-order valence-electron chi connectivity index (χ0n) is 9.44. The molecule has 1 aromatic carbocycles. The summed E-state index contributed by atoms with van der Waals surface area (Å²) in [4.78, 5) is 2.47. The van der Waals surface area contributed by atoms with Crippen LogP contribution in [-0.2, 0) is 6.42 Å². The molecule has 0 saturated carbocycles. The minimum atomic E-state index is 0. The summed E-state index contributed by atoms with van der Waals surface area (Å²) in [5.41, 5.74) is 1.47. The van der Waals surface area contributed by atoms with E-state index in [1.165, 1.54) is 31.5 Å². The number of alkyl halides is 1. The van der Waals surface area contributed by atoms with Crippen LogP contribution < -0.4 is 0 Å². The summed E-state index contributed by atoms with van der Waals surface area (Å²) in [6.07, 6.45) is 2.55. The number of halogens is 2. The van der Waals surface area contributed by atoms with Gasteiger partial charge in [0, 0.05) is 19.0 Å². The number of benzene rings is 1. The van der Waals surface area contributed by atoms with Gasteiger partial charge in [0.25, 0.3) is 0 Å². The normalized spacial score (nSPS) is 20.7. The summed E-state index contributed by atoms with van der Waals surface area (Å²) < 4.78 is 0. The van der Waals surface area contributed by atoms with Crippen LogP contribution in [0, 0.1) is 5.92 Å². The molecule has 1 atom stereocenters. The van der Waals surface area contributed by atoms with Crippen LogP contribution in [0.2, 0.25) is 0 Å². The molecule has 1 aliphatic heterocycles. The fourth-order valence-corrected chi connectivity index (χ4v) is 2.59. The summed E-state index contributed by atoms with van der Waals surface area (Å²) >= 11 is 5.75. The van der Waals surface area contributed by atoms with Crippen molar-refractivity contribution in [2.75, 3.05) is 25.5 Å². The van der Waals surface area contributed by atoms with E-state index in [4.69, 9.17) is 11.6 Å². The van der Waals surface area contributed by atoms with Crippen molar-refractivity contribution in [1.29, 1.82) is 0 Å². The Hall–Kier alpha value is -0.240. The Morgan fingerprint density at radius 3 is 2.69 bits per heavy atom. The van der Waals surface area contributed by atoms with E-state index in [-0.39, 0.29) is 12.4 Å². The number of hydrogen-bond acceptors (Lipinski definition) is 1. The van der Waals surface area contributed by atoms with Crippen molar-refractivity contribution in [1.82, 2.24) is 4.90 Å². The van der Waals surface area contributed by atoms with Gasteiger partial charge in [-0.3, -0.25) is 0 Å². The van der Waals surface area contributed by atoms with Crippen molar-refractivity contribution < 1.29 is 0 Å². The van der Waals surface area contributed by atoms with Crippen molar-refractivity contribution >= 4 is 24.0 Å². The first-order valence-electron chi connectivity index (χ1n) is 5.70. The molecule has 0 spiro atoms. The maximum absolute atomic E-state index is 5.75. The monoisotopic (exact) mass is 259 g/mol. The third-order valence-electron chi connectivity index (χ3n) is 3.14. The van der Waals surface area contributed by atoms with Gasteiger partial charge in [0.2, 0.25) is 0 Å². The Labute approximate surface area is 109 Å². The molecule has 0 radical (unpaired) electrons. The Morgan fingerprint density at radius 1 is 1.25 bits per heavy atom. The third kappa shape index (κ3) is 3.97. The lowest BCUT2D eigenvalue weighted by Crippen LogP contribution is -2.23. The van der Waals surface area contributed by atoms with Crippen LogP contribution in [0.3, 0.4) is 0 Å². The Balaban J connectivity index is 0.00000128. The second kappa shape index (κ2) is 7.16. The standard InChI is InChI=1S/C13H18ClN.ClH/c14-7-9-15-8-6-13(11-15)10-12-4-2-1-3-5-12;/h1-5,13H,6-11H2;1H. The van der Waals surface area contributed by atoms with Gasteiger partial charge in [-0.25, -0.2) is 0 Å². The average Bonchev–Trinajstić information content (AvgIpc) is 2.68. The molecule has 0 aromatic heterocycles. The van der Waals surface area contributed by atoms with Crippen LogP contribution in [0.15, 0.2) is 30.3 Å². The molecule has 2 rings (SSSR count). The fourth-order valence-electron chi connectivity index (χ4n) is 2.35. The Kier molecular flexibility index (Phi) is 6.18. The van der Waals surface area contributed by atoms with Gasteiger partial charge in [0.05, 0.1) is 0 Å². The first-order valence-corrected chi connectivity index (χ1v) is 6.24. The smallest absolute Gasteiger partial charge is 0.0351 e. The molecule has 0 aliphatic carbocycles. The summed E-state index contributed by atoms with van der Waals surface area (Å²) in [6.45, 7) is 3.50. The van der Waals surface area contributed by atoms with E-state index in [2.05, 4.69) is 35.2 Å². The van der Waals surface area contributed by atoms with E-state index >= 15 is 0 Å². The number of nitrogens with zero attached hydrogens (tertiary/aromatic N) is 1. The lowest BCUT2D eigenvalue weighted by atomic mass is 9.99. The van der Waals surface area contributed by atoms with Crippen molar-refractivity contribution in [2.45, 2.75) is 12.8 Å². The molecular weight excluding hydrogens is 241 g/mol. The lowest BCUT2D eigenvalue weighted by Gasteiger charge is -2.14. The van der Waals surface area contributed by atoms with Gasteiger partial charge in [-0.15, -0.1) is 24.0 Å². The highest BCUT2D eigenvalue weighted by molar-refractivity contribution is 6.18. The first kappa shape index (κ1) is 13.8. The van der Waals surface area contributed by atoms with Gasteiger partial charge in [-0.05, 0) is 30.9 Å². The van der Waals surface area contributed by atoms with E-state index in [1.807, 2.05) is 0 Å². The van der Waals surface area contributed by atoms with E-state index in [0.717, 1.165) is 18.3 Å². The van der Waals surface area contributed by atoms with Crippen LogP contribution in [0.1, 0.15) is 12.0 Å². The maximum Gasteiger partial charge on any atom is 0.0351 e. The number of likely N-dealkylation sites (tertiary alicyclic amines) is 1. The molecule has 1 saturated heterocycles. The zero-order valence-corrected chi connectivity index (χ0v) is 11.0. The quantitative estimate of drug-likeness (QED) is 0.751. The molecule has 1 aromatic rings. The summed E-state index contributed by atoms with van der Waals surface area (Å²) in [5.74, 6) is 1.59. The highest BCUT2D eigenvalue weighted by atomic mass is 35.5. The van der Waals surface area contributed by atoms with Crippen molar-refractivity contribution in [2.24, 2.45) is 5.92 Å². The third-order valence-corrected chi connectivity index (χ3v) is 3.31. The second-order valence-corrected chi connectivity index (χ2v) is 4.71. The predicted octanol–water partition coefficient (Wildman–Crippen LogP) is 3.21. The minimum absolute atomic E-state index is 0.